The van der Waals surface area contributed by atoms with E-state index < -0.39 is 0 Å². The molecule has 11 aromatic rings. The van der Waals surface area contributed by atoms with Crippen LogP contribution in [0.4, 0.5) is 0 Å². The second-order valence-corrected chi connectivity index (χ2v) is 15.1. The lowest BCUT2D eigenvalue weighted by Gasteiger charge is -2.13. The smallest absolute Gasteiger partial charge is 0.165 e. The fourth-order valence-corrected chi connectivity index (χ4v) is 8.97. The van der Waals surface area contributed by atoms with E-state index in [1.165, 1.54) is 15.5 Å². The van der Waals surface area contributed by atoms with Crippen molar-refractivity contribution in [1.29, 1.82) is 0 Å². The van der Waals surface area contributed by atoms with E-state index in [2.05, 4.69) is 164 Å². The zero-order valence-electron chi connectivity index (χ0n) is 30.1. The van der Waals surface area contributed by atoms with Gasteiger partial charge in [-0.2, -0.15) is 0 Å². The first-order chi connectivity index (χ1) is 27.7. The third-order valence-corrected chi connectivity index (χ3v) is 11.7. The molecule has 0 aliphatic carbocycles. The largest absolute Gasteiger partial charge is 0.456 e. The third kappa shape index (κ3) is 5.65. The van der Waals surface area contributed by atoms with Gasteiger partial charge in [-0.15, -0.1) is 11.3 Å². The van der Waals surface area contributed by atoms with Crippen LogP contribution >= 0.6 is 11.3 Å². The van der Waals surface area contributed by atoms with Crippen LogP contribution in [0.5, 0.6) is 0 Å². The Bertz CT molecular complexity index is 3180. The quantitative estimate of drug-likeness (QED) is 0.171. The van der Waals surface area contributed by atoms with Gasteiger partial charge >= 0.3 is 0 Å². The van der Waals surface area contributed by atoms with E-state index in [0.717, 1.165) is 76.7 Å². The normalized spacial score (nSPS) is 11.6. The fraction of sp³-hybridized carbons (Fsp3) is 0. The summed E-state index contributed by atoms with van der Waals surface area (Å²) in [5.74, 6) is 1.85. The summed E-state index contributed by atoms with van der Waals surface area (Å²) in [4.78, 5) is 15.9. The van der Waals surface area contributed by atoms with Crippen molar-refractivity contribution in [2.75, 3.05) is 0 Å². The predicted octanol–water partition coefficient (Wildman–Crippen LogP) is 14.1. The van der Waals surface area contributed by atoms with Gasteiger partial charge in [0.1, 0.15) is 11.2 Å². The molecule has 56 heavy (non-hydrogen) atoms. The maximum Gasteiger partial charge on any atom is 0.165 e. The molecule has 0 saturated heterocycles. The molecule has 4 nitrogen and oxygen atoms in total. The van der Waals surface area contributed by atoms with Crippen LogP contribution in [0.3, 0.4) is 0 Å². The zero-order valence-corrected chi connectivity index (χ0v) is 30.9. The van der Waals surface area contributed by atoms with E-state index in [9.17, 15) is 0 Å². The molecule has 0 unspecified atom stereocenters. The van der Waals surface area contributed by atoms with Crippen molar-refractivity contribution in [1.82, 2.24) is 15.0 Å². The summed E-state index contributed by atoms with van der Waals surface area (Å²) in [6.07, 6.45) is 0. The van der Waals surface area contributed by atoms with Crippen LogP contribution in [0.1, 0.15) is 0 Å². The molecule has 5 heteroatoms. The van der Waals surface area contributed by atoms with Crippen LogP contribution in [0.2, 0.25) is 0 Å². The second kappa shape index (κ2) is 13.3. The Labute approximate surface area is 327 Å². The minimum Gasteiger partial charge on any atom is -0.456 e. The lowest BCUT2D eigenvalue weighted by molar-refractivity contribution is 0.669. The SMILES string of the molecule is c1ccc(-c2cc(-c3ccccc3)cc(-c3nc(-c4ccc5oc6ccc(-c7ccccc7)cc6c5c4)nc(-c4cccc5c4sc4ccccc45)n3)c2)cc1. The standard InChI is InChI=1S/C51H31N3OS/c1-4-13-32(14-5-1)35-23-25-45-43(30-35)44-31-36(24-26-46(44)55-45)49-52-50(54-51(53-49)42-21-12-20-41-40-19-10-11-22-47(40)56-48(41)42)39-28-37(33-15-6-2-7-16-33)27-38(29-39)34-17-8-3-9-18-34/h1-31H. The number of thiophene rings is 1. The van der Waals surface area contributed by atoms with E-state index in [1.54, 1.807) is 11.3 Å². The van der Waals surface area contributed by atoms with Gasteiger partial charge in [0.15, 0.2) is 17.5 Å². The summed E-state index contributed by atoms with van der Waals surface area (Å²) in [7, 11) is 0. The van der Waals surface area contributed by atoms with E-state index in [4.69, 9.17) is 19.4 Å². The van der Waals surface area contributed by atoms with Gasteiger partial charge in [0, 0.05) is 47.6 Å². The van der Waals surface area contributed by atoms with Crippen molar-refractivity contribution >= 4 is 53.4 Å². The Kier molecular flexibility index (Phi) is 7.64. The highest BCUT2D eigenvalue weighted by Gasteiger charge is 2.19. The lowest BCUT2D eigenvalue weighted by atomic mass is 9.96. The summed E-state index contributed by atoms with van der Waals surface area (Å²) < 4.78 is 8.75. The Morgan fingerprint density at radius 3 is 1.48 bits per heavy atom. The molecule has 0 fully saturated rings. The van der Waals surface area contributed by atoms with Crippen LogP contribution < -0.4 is 0 Å². The number of rotatable bonds is 6. The topological polar surface area (TPSA) is 51.8 Å². The van der Waals surface area contributed by atoms with Crippen LogP contribution in [0.15, 0.2) is 192 Å². The van der Waals surface area contributed by atoms with Gasteiger partial charge in [-0.1, -0.05) is 127 Å². The van der Waals surface area contributed by atoms with E-state index in [0.29, 0.717) is 17.5 Å². The van der Waals surface area contributed by atoms with Crippen molar-refractivity contribution in [2.45, 2.75) is 0 Å². The Balaban J connectivity index is 1.15. The highest BCUT2D eigenvalue weighted by Crippen LogP contribution is 2.41. The summed E-state index contributed by atoms with van der Waals surface area (Å²) in [6.45, 7) is 0. The van der Waals surface area contributed by atoms with Gasteiger partial charge in [0.2, 0.25) is 0 Å². The summed E-state index contributed by atoms with van der Waals surface area (Å²) in [5.41, 5.74) is 11.2. The first-order valence-electron chi connectivity index (χ1n) is 18.7. The summed E-state index contributed by atoms with van der Waals surface area (Å²) in [6, 6.07) is 65.7. The molecule has 0 radical (unpaired) electrons. The van der Waals surface area contributed by atoms with Gasteiger partial charge in [-0.25, -0.2) is 15.0 Å². The molecule has 0 aliphatic rings. The number of furan rings is 1. The Hall–Kier alpha value is -7.21. The fourth-order valence-electron chi connectivity index (χ4n) is 7.76. The van der Waals surface area contributed by atoms with Crippen molar-refractivity contribution < 1.29 is 4.42 Å². The molecule has 0 bridgehead atoms. The van der Waals surface area contributed by atoms with Gasteiger partial charge in [-0.05, 0) is 94.0 Å². The first kappa shape index (κ1) is 32.2. The second-order valence-electron chi connectivity index (χ2n) is 14.0. The number of nitrogens with zero attached hydrogens (tertiary/aromatic N) is 3. The van der Waals surface area contributed by atoms with Crippen molar-refractivity contribution in [3.8, 4) is 67.5 Å². The van der Waals surface area contributed by atoms with Crippen LogP contribution in [0, 0.1) is 0 Å². The molecule has 0 atom stereocenters. The lowest BCUT2D eigenvalue weighted by Crippen LogP contribution is -2.01. The Morgan fingerprint density at radius 2 is 0.821 bits per heavy atom. The Morgan fingerprint density at radius 1 is 0.321 bits per heavy atom. The van der Waals surface area contributed by atoms with Crippen molar-refractivity contribution in [3.05, 3.63) is 188 Å². The molecule has 0 N–H and O–H groups in total. The monoisotopic (exact) mass is 733 g/mol. The zero-order chi connectivity index (χ0) is 37.0. The predicted molar refractivity (Wildman–Crippen MR) is 233 cm³/mol. The van der Waals surface area contributed by atoms with Crippen LogP contribution in [-0.2, 0) is 0 Å². The number of benzene rings is 8. The molecule has 3 aromatic heterocycles. The molecule has 3 heterocycles. The number of fused-ring (bicyclic) bond motifs is 6. The number of hydrogen-bond acceptors (Lipinski definition) is 5. The molecule has 0 aliphatic heterocycles. The molecular formula is C51H31N3OS. The number of hydrogen-bond donors (Lipinski definition) is 0. The minimum absolute atomic E-state index is 0.602. The molecule has 0 spiro atoms. The third-order valence-electron chi connectivity index (χ3n) is 10.5. The molecule has 0 amide bonds. The van der Waals surface area contributed by atoms with Crippen molar-refractivity contribution in [2.24, 2.45) is 0 Å². The average molecular weight is 734 g/mol. The van der Waals surface area contributed by atoms with Crippen LogP contribution in [-0.4, -0.2) is 15.0 Å². The van der Waals surface area contributed by atoms with Crippen LogP contribution in [0.25, 0.3) is 110 Å². The summed E-state index contributed by atoms with van der Waals surface area (Å²) >= 11 is 1.78. The molecule has 8 aromatic carbocycles. The van der Waals surface area contributed by atoms with Gasteiger partial charge in [-0.3, -0.25) is 0 Å². The van der Waals surface area contributed by atoms with E-state index >= 15 is 0 Å². The molecule has 11 rings (SSSR count). The van der Waals surface area contributed by atoms with Crippen molar-refractivity contribution in [3.63, 3.8) is 0 Å². The van der Waals surface area contributed by atoms with Gasteiger partial charge in [0.05, 0.1) is 0 Å². The molecule has 0 saturated carbocycles. The van der Waals surface area contributed by atoms with Gasteiger partial charge in [0.25, 0.3) is 0 Å². The van der Waals surface area contributed by atoms with Gasteiger partial charge < -0.3 is 4.42 Å². The molecule has 262 valence electrons. The maximum absolute atomic E-state index is 6.36. The number of aromatic nitrogens is 3. The highest BCUT2D eigenvalue weighted by molar-refractivity contribution is 7.26. The minimum atomic E-state index is 0.602. The van der Waals surface area contributed by atoms with E-state index in [1.807, 2.05) is 24.3 Å². The average Bonchev–Trinajstić information content (AvgIpc) is 3.85. The summed E-state index contributed by atoms with van der Waals surface area (Å²) in [5, 5.41) is 4.50. The first-order valence-corrected chi connectivity index (χ1v) is 19.5. The molecular weight excluding hydrogens is 703 g/mol. The highest BCUT2D eigenvalue weighted by atomic mass is 32.1. The maximum atomic E-state index is 6.36. The van der Waals surface area contributed by atoms with E-state index in [-0.39, 0.29) is 0 Å².